The lowest BCUT2D eigenvalue weighted by atomic mass is 10.2. The zero-order valence-corrected chi connectivity index (χ0v) is 10.5. The van der Waals surface area contributed by atoms with Crippen LogP contribution in [0.5, 0.6) is 0 Å². The SMILES string of the molecule is Fc1ccc(Nc2ccnc3ccncc23)cc1Cl. The number of fused-ring (bicyclic) bond motifs is 1. The molecular formula is C14H9ClFN3. The van der Waals surface area contributed by atoms with E-state index in [1.54, 1.807) is 30.7 Å². The Morgan fingerprint density at radius 3 is 2.84 bits per heavy atom. The molecule has 0 saturated heterocycles. The van der Waals surface area contributed by atoms with Gasteiger partial charge in [0.2, 0.25) is 0 Å². The Kier molecular flexibility index (Phi) is 3.01. The van der Waals surface area contributed by atoms with Crippen molar-refractivity contribution in [1.29, 1.82) is 0 Å². The first kappa shape index (κ1) is 11.9. The Hall–Kier alpha value is -2.20. The topological polar surface area (TPSA) is 37.8 Å². The highest BCUT2D eigenvalue weighted by Gasteiger charge is 2.04. The normalized spacial score (nSPS) is 10.6. The summed E-state index contributed by atoms with van der Waals surface area (Å²) in [5.74, 6) is -0.437. The standard InChI is InChI=1S/C14H9ClFN3/c15-11-7-9(1-2-12(11)16)19-14-4-6-18-13-3-5-17-8-10(13)14/h1-8H,(H,18,19). The molecule has 0 aliphatic carbocycles. The van der Waals surface area contributed by atoms with Crippen LogP contribution in [0.4, 0.5) is 15.8 Å². The second-order valence-electron chi connectivity index (χ2n) is 4.01. The van der Waals surface area contributed by atoms with Gasteiger partial charge in [-0.15, -0.1) is 0 Å². The van der Waals surface area contributed by atoms with Gasteiger partial charge in [-0.2, -0.15) is 0 Å². The summed E-state index contributed by atoms with van der Waals surface area (Å²) in [7, 11) is 0. The van der Waals surface area contributed by atoms with E-state index in [9.17, 15) is 4.39 Å². The van der Waals surface area contributed by atoms with Crippen molar-refractivity contribution in [3.05, 3.63) is 59.8 Å². The van der Waals surface area contributed by atoms with Crippen LogP contribution in [0.1, 0.15) is 0 Å². The van der Waals surface area contributed by atoms with Gasteiger partial charge in [0.1, 0.15) is 5.82 Å². The number of nitrogens with one attached hydrogen (secondary N) is 1. The fraction of sp³-hybridized carbons (Fsp3) is 0. The predicted molar refractivity (Wildman–Crippen MR) is 74.2 cm³/mol. The minimum Gasteiger partial charge on any atom is -0.355 e. The molecule has 0 aliphatic heterocycles. The molecule has 0 atom stereocenters. The largest absolute Gasteiger partial charge is 0.355 e. The molecule has 0 spiro atoms. The summed E-state index contributed by atoms with van der Waals surface area (Å²) in [6.07, 6.45) is 5.12. The molecule has 0 amide bonds. The summed E-state index contributed by atoms with van der Waals surface area (Å²) < 4.78 is 13.1. The summed E-state index contributed by atoms with van der Waals surface area (Å²) in [6, 6.07) is 8.16. The zero-order chi connectivity index (χ0) is 13.2. The fourth-order valence-corrected chi connectivity index (χ4v) is 2.01. The van der Waals surface area contributed by atoms with Crippen molar-refractivity contribution in [2.24, 2.45) is 0 Å². The minimum atomic E-state index is -0.437. The van der Waals surface area contributed by atoms with Crippen LogP contribution in [-0.2, 0) is 0 Å². The quantitative estimate of drug-likeness (QED) is 0.762. The molecule has 3 nitrogen and oxygen atoms in total. The lowest BCUT2D eigenvalue weighted by Crippen LogP contribution is -1.93. The summed E-state index contributed by atoms with van der Waals surface area (Å²) in [4.78, 5) is 8.33. The number of benzene rings is 1. The van der Waals surface area contributed by atoms with E-state index in [4.69, 9.17) is 11.6 Å². The maximum atomic E-state index is 13.1. The molecule has 3 aromatic rings. The van der Waals surface area contributed by atoms with Gasteiger partial charge in [0, 0.05) is 29.7 Å². The number of hydrogen-bond acceptors (Lipinski definition) is 3. The van der Waals surface area contributed by atoms with E-state index in [1.807, 2.05) is 12.1 Å². The van der Waals surface area contributed by atoms with Crippen LogP contribution in [0.25, 0.3) is 10.9 Å². The van der Waals surface area contributed by atoms with Crippen molar-refractivity contribution in [2.75, 3.05) is 5.32 Å². The van der Waals surface area contributed by atoms with E-state index in [-0.39, 0.29) is 5.02 Å². The highest BCUT2D eigenvalue weighted by atomic mass is 35.5. The van der Waals surface area contributed by atoms with Gasteiger partial charge in [-0.1, -0.05) is 11.6 Å². The smallest absolute Gasteiger partial charge is 0.141 e. The fourth-order valence-electron chi connectivity index (χ4n) is 1.83. The van der Waals surface area contributed by atoms with Crippen LogP contribution in [-0.4, -0.2) is 9.97 Å². The van der Waals surface area contributed by atoms with Gasteiger partial charge in [-0.05, 0) is 30.3 Å². The van der Waals surface area contributed by atoms with Crippen molar-refractivity contribution < 1.29 is 4.39 Å². The average molecular weight is 274 g/mol. The molecule has 0 bridgehead atoms. The summed E-state index contributed by atoms with van der Waals surface area (Å²) >= 11 is 5.76. The minimum absolute atomic E-state index is 0.0847. The third kappa shape index (κ3) is 2.35. The predicted octanol–water partition coefficient (Wildman–Crippen LogP) is 4.17. The first-order valence-corrected chi connectivity index (χ1v) is 6.02. The maximum absolute atomic E-state index is 13.1. The number of hydrogen-bond donors (Lipinski definition) is 1. The maximum Gasteiger partial charge on any atom is 0.141 e. The monoisotopic (exact) mass is 273 g/mol. The highest BCUT2D eigenvalue weighted by Crippen LogP contribution is 2.26. The Morgan fingerprint density at radius 2 is 2.00 bits per heavy atom. The number of nitrogens with zero attached hydrogens (tertiary/aromatic N) is 2. The van der Waals surface area contributed by atoms with Crippen molar-refractivity contribution in [3.8, 4) is 0 Å². The van der Waals surface area contributed by atoms with E-state index in [1.165, 1.54) is 6.07 Å². The molecule has 2 heterocycles. The summed E-state index contributed by atoms with van der Waals surface area (Å²) in [5, 5.41) is 4.16. The third-order valence-corrected chi connectivity index (χ3v) is 3.03. The summed E-state index contributed by atoms with van der Waals surface area (Å²) in [5.41, 5.74) is 2.40. The lowest BCUT2D eigenvalue weighted by molar-refractivity contribution is 0.628. The van der Waals surface area contributed by atoms with Crippen LogP contribution in [0, 0.1) is 5.82 Å². The lowest BCUT2D eigenvalue weighted by Gasteiger charge is -2.09. The van der Waals surface area contributed by atoms with Gasteiger partial charge in [0.05, 0.1) is 16.2 Å². The Balaban J connectivity index is 2.03. The molecule has 3 rings (SSSR count). The van der Waals surface area contributed by atoms with Crippen molar-refractivity contribution >= 4 is 33.9 Å². The van der Waals surface area contributed by atoms with Gasteiger partial charge < -0.3 is 5.32 Å². The average Bonchev–Trinajstić information content (AvgIpc) is 2.43. The molecule has 0 radical (unpaired) electrons. The highest BCUT2D eigenvalue weighted by molar-refractivity contribution is 6.31. The molecule has 94 valence electrons. The molecular weight excluding hydrogens is 265 g/mol. The van der Waals surface area contributed by atoms with Gasteiger partial charge >= 0.3 is 0 Å². The Labute approximate surface area is 114 Å². The second kappa shape index (κ2) is 4.82. The third-order valence-electron chi connectivity index (χ3n) is 2.74. The zero-order valence-electron chi connectivity index (χ0n) is 9.77. The first-order chi connectivity index (χ1) is 9.24. The van der Waals surface area contributed by atoms with E-state index in [2.05, 4.69) is 15.3 Å². The first-order valence-electron chi connectivity index (χ1n) is 5.65. The van der Waals surface area contributed by atoms with Gasteiger partial charge in [-0.25, -0.2) is 4.39 Å². The molecule has 1 N–H and O–H groups in total. The Bertz CT molecular complexity index is 740. The molecule has 0 aliphatic rings. The molecule has 0 fully saturated rings. The van der Waals surface area contributed by atoms with E-state index >= 15 is 0 Å². The molecule has 19 heavy (non-hydrogen) atoms. The van der Waals surface area contributed by atoms with Crippen molar-refractivity contribution in [1.82, 2.24) is 9.97 Å². The van der Waals surface area contributed by atoms with Crippen LogP contribution >= 0.6 is 11.6 Å². The molecule has 1 aromatic carbocycles. The number of aromatic nitrogens is 2. The number of pyridine rings is 2. The van der Waals surface area contributed by atoms with E-state index < -0.39 is 5.82 Å². The number of rotatable bonds is 2. The van der Waals surface area contributed by atoms with Gasteiger partial charge in [-0.3, -0.25) is 9.97 Å². The molecule has 0 saturated carbocycles. The molecule has 5 heteroatoms. The van der Waals surface area contributed by atoms with Crippen LogP contribution < -0.4 is 5.32 Å². The van der Waals surface area contributed by atoms with Crippen LogP contribution in [0.15, 0.2) is 48.9 Å². The van der Waals surface area contributed by atoms with E-state index in [0.717, 1.165) is 16.6 Å². The number of halogens is 2. The van der Waals surface area contributed by atoms with Crippen LogP contribution in [0.2, 0.25) is 5.02 Å². The van der Waals surface area contributed by atoms with Crippen molar-refractivity contribution in [2.45, 2.75) is 0 Å². The second-order valence-corrected chi connectivity index (χ2v) is 4.41. The van der Waals surface area contributed by atoms with E-state index in [0.29, 0.717) is 5.69 Å². The molecule has 2 aromatic heterocycles. The van der Waals surface area contributed by atoms with Crippen LogP contribution in [0.3, 0.4) is 0 Å². The summed E-state index contributed by atoms with van der Waals surface area (Å²) in [6.45, 7) is 0. The number of anilines is 2. The Morgan fingerprint density at radius 1 is 1.11 bits per heavy atom. The van der Waals surface area contributed by atoms with Gasteiger partial charge in [0.25, 0.3) is 0 Å². The van der Waals surface area contributed by atoms with Crippen molar-refractivity contribution in [3.63, 3.8) is 0 Å². The van der Waals surface area contributed by atoms with Gasteiger partial charge in [0.15, 0.2) is 0 Å². The molecule has 0 unspecified atom stereocenters.